The molecule has 1 amide bonds. The highest BCUT2D eigenvalue weighted by Gasteiger charge is 2.18. The smallest absolute Gasteiger partial charge is 0.224 e. The molecule has 1 unspecified atom stereocenters. The second kappa shape index (κ2) is 7.63. The lowest BCUT2D eigenvalue weighted by atomic mass is 9.97. The number of rotatable bonds is 7. The van der Waals surface area contributed by atoms with E-state index in [1.165, 1.54) is 0 Å². The van der Waals surface area contributed by atoms with Crippen LogP contribution in [-0.2, 0) is 11.2 Å². The van der Waals surface area contributed by atoms with Crippen LogP contribution in [0.2, 0.25) is 0 Å². The summed E-state index contributed by atoms with van der Waals surface area (Å²) in [5.74, 6) is 1.16. The van der Waals surface area contributed by atoms with Crippen molar-refractivity contribution in [2.45, 2.75) is 13.3 Å². The Bertz CT molecular complexity index is 421. The lowest BCUT2D eigenvalue weighted by Crippen LogP contribution is -2.36. The summed E-state index contributed by atoms with van der Waals surface area (Å²) in [4.78, 5) is 11.8. The zero-order chi connectivity index (χ0) is 14.3. The fraction of sp³-hybridized carbons (Fsp3) is 0.500. The second-order valence-electron chi connectivity index (χ2n) is 4.21. The van der Waals surface area contributed by atoms with E-state index in [1.54, 1.807) is 20.3 Å². The Kier molecular flexibility index (Phi) is 6.15. The van der Waals surface area contributed by atoms with Gasteiger partial charge in [0.1, 0.15) is 11.5 Å². The maximum absolute atomic E-state index is 11.8. The lowest BCUT2D eigenvalue weighted by Gasteiger charge is -2.16. The minimum absolute atomic E-state index is 0.0251. The molecule has 1 rings (SSSR count). The average Bonchev–Trinajstić information content (AvgIpc) is 2.44. The Hall–Kier alpha value is -1.75. The van der Waals surface area contributed by atoms with Crippen molar-refractivity contribution in [2.24, 2.45) is 11.7 Å². The summed E-state index contributed by atoms with van der Waals surface area (Å²) in [5.41, 5.74) is 6.62. The van der Waals surface area contributed by atoms with Gasteiger partial charge in [-0.3, -0.25) is 4.79 Å². The predicted molar refractivity (Wildman–Crippen MR) is 74.5 cm³/mol. The Morgan fingerprint density at radius 1 is 1.37 bits per heavy atom. The Labute approximate surface area is 114 Å². The van der Waals surface area contributed by atoms with Crippen LogP contribution in [0.25, 0.3) is 0 Å². The summed E-state index contributed by atoms with van der Waals surface area (Å²) >= 11 is 0. The number of carbonyl (C=O) groups is 1. The highest BCUT2D eigenvalue weighted by Crippen LogP contribution is 2.26. The molecule has 19 heavy (non-hydrogen) atoms. The average molecular weight is 266 g/mol. The molecule has 0 radical (unpaired) electrons. The van der Waals surface area contributed by atoms with Gasteiger partial charge in [-0.2, -0.15) is 0 Å². The standard InChI is InChI=1S/C14H22N2O3/c1-4-16-14(17)11(9-15)7-10-5-6-12(18-2)8-13(10)19-3/h5-6,8,11H,4,7,9,15H2,1-3H3,(H,16,17). The first kappa shape index (κ1) is 15.3. The molecule has 0 aliphatic rings. The Balaban J connectivity index is 2.87. The first-order chi connectivity index (χ1) is 9.15. The molecule has 1 aromatic rings. The van der Waals surface area contributed by atoms with Crippen molar-refractivity contribution >= 4 is 5.91 Å². The van der Waals surface area contributed by atoms with E-state index < -0.39 is 0 Å². The second-order valence-corrected chi connectivity index (χ2v) is 4.21. The van der Waals surface area contributed by atoms with Gasteiger partial charge in [-0.15, -0.1) is 0 Å². The summed E-state index contributed by atoms with van der Waals surface area (Å²) in [5, 5.41) is 2.79. The molecule has 0 saturated heterocycles. The fourth-order valence-electron chi connectivity index (χ4n) is 1.89. The third kappa shape index (κ3) is 4.13. The molecule has 0 aliphatic heterocycles. The largest absolute Gasteiger partial charge is 0.497 e. The minimum atomic E-state index is -0.248. The zero-order valence-corrected chi connectivity index (χ0v) is 11.7. The number of carbonyl (C=O) groups excluding carboxylic acids is 1. The van der Waals surface area contributed by atoms with Crippen LogP contribution in [0.1, 0.15) is 12.5 Å². The zero-order valence-electron chi connectivity index (χ0n) is 11.7. The molecule has 0 saturated carbocycles. The number of ether oxygens (including phenoxy) is 2. The number of nitrogens with two attached hydrogens (primary N) is 1. The number of benzene rings is 1. The molecule has 0 bridgehead atoms. The highest BCUT2D eigenvalue weighted by atomic mass is 16.5. The number of methoxy groups -OCH3 is 2. The van der Waals surface area contributed by atoms with Crippen molar-refractivity contribution in [3.63, 3.8) is 0 Å². The Morgan fingerprint density at radius 2 is 2.11 bits per heavy atom. The van der Waals surface area contributed by atoms with Crippen LogP contribution in [0.3, 0.4) is 0 Å². The molecular weight excluding hydrogens is 244 g/mol. The molecular formula is C14H22N2O3. The van der Waals surface area contributed by atoms with E-state index in [0.29, 0.717) is 25.3 Å². The van der Waals surface area contributed by atoms with Gasteiger partial charge in [0, 0.05) is 19.2 Å². The molecule has 5 nitrogen and oxygen atoms in total. The van der Waals surface area contributed by atoms with Crippen LogP contribution in [-0.4, -0.2) is 33.2 Å². The molecule has 0 aromatic heterocycles. The van der Waals surface area contributed by atoms with Gasteiger partial charge in [0.05, 0.1) is 20.1 Å². The quantitative estimate of drug-likeness (QED) is 0.771. The van der Waals surface area contributed by atoms with Crippen LogP contribution in [0, 0.1) is 5.92 Å². The summed E-state index contributed by atoms with van der Waals surface area (Å²) in [6.07, 6.45) is 0.551. The SMILES string of the molecule is CCNC(=O)C(CN)Cc1ccc(OC)cc1OC. The van der Waals surface area contributed by atoms with E-state index in [2.05, 4.69) is 5.32 Å². The van der Waals surface area contributed by atoms with Gasteiger partial charge in [0.2, 0.25) is 5.91 Å². The van der Waals surface area contributed by atoms with Gasteiger partial charge in [-0.05, 0) is 25.0 Å². The third-order valence-corrected chi connectivity index (χ3v) is 2.97. The fourth-order valence-corrected chi connectivity index (χ4v) is 1.89. The Morgan fingerprint density at radius 3 is 2.63 bits per heavy atom. The molecule has 0 heterocycles. The molecule has 0 fully saturated rings. The highest BCUT2D eigenvalue weighted by molar-refractivity contribution is 5.79. The summed E-state index contributed by atoms with van der Waals surface area (Å²) in [6, 6.07) is 5.56. The van der Waals surface area contributed by atoms with E-state index in [0.717, 1.165) is 11.3 Å². The van der Waals surface area contributed by atoms with Crippen molar-refractivity contribution in [3.05, 3.63) is 23.8 Å². The van der Waals surface area contributed by atoms with Crippen LogP contribution >= 0.6 is 0 Å². The van der Waals surface area contributed by atoms with Crippen molar-refractivity contribution in [1.82, 2.24) is 5.32 Å². The maximum Gasteiger partial charge on any atom is 0.224 e. The van der Waals surface area contributed by atoms with Gasteiger partial charge in [0.15, 0.2) is 0 Å². The lowest BCUT2D eigenvalue weighted by molar-refractivity contribution is -0.124. The first-order valence-corrected chi connectivity index (χ1v) is 6.34. The van der Waals surface area contributed by atoms with Crippen LogP contribution in [0.4, 0.5) is 0 Å². The summed E-state index contributed by atoms with van der Waals surface area (Å²) < 4.78 is 10.5. The van der Waals surface area contributed by atoms with E-state index in [1.807, 2.05) is 19.1 Å². The van der Waals surface area contributed by atoms with Crippen molar-refractivity contribution in [3.8, 4) is 11.5 Å². The van der Waals surface area contributed by atoms with E-state index >= 15 is 0 Å². The summed E-state index contributed by atoms with van der Waals surface area (Å²) in [7, 11) is 3.20. The number of hydrogen-bond donors (Lipinski definition) is 2. The number of hydrogen-bond acceptors (Lipinski definition) is 4. The third-order valence-electron chi connectivity index (χ3n) is 2.97. The van der Waals surface area contributed by atoms with E-state index in [-0.39, 0.29) is 11.8 Å². The van der Waals surface area contributed by atoms with Gasteiger partial charge in [0.25, 0.3) is 0 Å². The molecule has 0 spiro atoms. The van der Waals surface area contributed by atoms with Gasteiger partial charge in [-0.25, -0.2) is 0 Å². The van der Waals surface area contributed by atoms with Gasteiger partial charge in [-0.1, -0.05) is 6.07 Å². The molecule has 1 aromatic carbocycles. The molecule has 0 aliphatic carbocycles. The van der Waals surface area contributed by atoms with E-state index in [4.69, 9.17) is 15.2 Å². The topological polar surface area (TPSA) is 73.6 Å². The summed E-state index contributed by atoms with van der Waals surface area (Å²) in [6.45, 7) is 2.80. The minimum Gasteiger partial charge on any atom is -0.497 e. The van der Waals surface area contributed by atoms with Crippen LogP contribution < -0.4 is 20.5 Å². The molecule has 1 atom stereocenters. The van der Waals surface area contributed by atoms with Crippen molar-refractivity contribution in [1.29, 1.82) is 0 Å². The van der Waals surface area contributed by atoms with E-state index in [9.17, 15) is 4.79 Å². The van der Waals surface area contributed by atoms with Crippen LogP contribution in [0.15, 0.2) is 18.2 Å². The van der Waals surface area contributed by atoms with Crippen LogP contribution in [0.5, 0.6) is 11.5 Å². The normalized spacial score (nSPS) is 11.8. The van der Waals surface area contributed by atoms with Crippen molar-refractivity contribution < 1.29 is 14.3 Å². The predicted octanol–water partition coefficient (Wildman–Crippen LogP) is 0.957. The number of nitrogens with one attached hydrogen (secondary N) is 1. The first-order valence-electron chi connectivity index (χ1n) is 6.34. The molecule has 106 valence electrons. The molecule has 3 N–H and O–H groups in total. The molecule has 5 heteroatoms. The van der Waals surface area contributed by atoms with Crippen molar-refractivity contribution in [2.75, 3.05) is 27.3 Å². The van der Waals surface area contributed by atoms with Gasteiger partial charge >= 0.3 is 0 Å². The van der Waals surface area contributed by atoms with Gasteiger partial charge < -0.3 is 20.5 Å². The number of amides is 1. The maximum atomic E-state index is 11.8. The monoisotopic (exact) mass is 266 g/mol.